The van der Waals surface area contributed by atoms with Gasteiger partial charge in [-0.05, 0) is 6.92 Å². The van der Waals surface area contributed by atoms with E-state index >= 15 is 0 Å². The molecule has 0 unspecified atom stereocenters. The molecule has 2 heterocycles. The zero-order valence-corrected chi connectivity index (χ0v) is 16.0. The topological polar surface area (TPSA) is 81.9 Å². The number of hydrogen-bond donors (Lipinski definition) is 1. The molecule has 1 fully saturated rings. The first-order chi connectivity index (χ1) is 11.9. The van der Waals surface area contributed by atoms with Gasteiger partial charge in [0.2, 0.25) is 5.91 Å². The molecule has 0 bridgehead atoms. The molecular weight excluding hydrogens is 320 g/mol. The SMILES string of the molecule is CN=C(NCc1nnc(C)n1C)N1CCN(CCC(=O)N(C)C)CC1. The third-order valence-corrected chi connectivity index (χ3v) is 4.61. The van der Waals surface area contributed by atoms with Crippen molar-refractivity contribution in [3.05, 3.63) is 11.6 Å². The zero-order valence-electron chi connectivity index (χ0n) is 16.0. The Morgan fingerprint density at radius 1 is 1.24 bits per heavy atom. The molecule has 1 aliphatic rings. The predicted octanol–water partition coefficient (Wildman–Crippen LogP) is -0.705. The smallest absolute Gasteiger partial charge is 0.223 e. The van der Waals surface area contributed by atoms with Crippen LogP contribution in [0.25, 0.3) is 0 Å². The quantitative estimate of drug-likeness (QED) is 0.558. The fourth-order valence-corrected chi connectivity index (χ4v) is 2.76. The van der Waals surface area contributed by atoms with Crippen molar-refractivity contribution in [2.75, 3.05) is 53.9 Å². The molecule has 0 spiro atoms. The lowest BCUT2D eigenvalue weighted by atomic mass is 10.3. The monoisotopic (exact) mass is 350 g/mol. The third kappa shape index (κ3) is 5.15. The molecule has 9 heteroatoms. The summed E-state index contributed by atoms with van der Waals surface area (Å²) in [6, 6.07) is 0. The van der Waals surface area contributed by atoms with Crippen LogP contribution in [-0.4, -0.2) is 95.2 Å². The number of amides is 1. The number of aromatic nitrogens is 3. The summed E-state index contributed by atoms with van der Waals surface area (Å²) in [4.78, 5) is 22.3. The van der Waals surface area contributed by atoms with E-state index in [9.17, 15) is 4.79 Å². The van der Waals surface area contributed by atoms with E-state index in [2.05, 4.69) is 30.3 Å². The number of rotatable bonds is 5. The summed E-state index contributed by atoms with van der Waals surface area (Å²) in [6.45, 7) is 7.01. The fraction of sp³-hybridized carbons (Fsp3) is 0.750. The first-order valence-corrected chi connectivity index (χ1v) is 8.65. The molecule has 1 amide bonds. The van der Waals surface area contributed by atoms with E-state index in [1.807, 2.05) is 18.5 Å². The summed E-state index contributed by atoms with van der Waals surface area (Å²) >= 11 is 0. The van der Waals surface area contributed by atoms with Gasteiger partial charge in [-0.3, -0.25) is 14.7 Å². The highest BCUT2D eigenvalue weighted by Crippen LogP contribution is 2.05. The van der Waals surface area contributed by atoms with Crippen LogP contribution in [0.5, 0.6) is 0 Å². The van der Waals surface area contributed by atoms with E-state index < -0.39 is 0 Å². The Hall–Kier alpha value is -2.16. The molecule has 1 aliphatic heterocycles. The molecule has 1 saturated heterocycles. The Bertz CT molecular complexity index is 601. The molecule has 0 aromatic carbocycles. The summed E-state index contributed by atoms with van der Waals surface area (Å²) in [5, 5.41) is 11.6. The van der Waals surface area contributed by atoms with Crippen molar-refractivity contribution in [3.63, 3.8) is 0 Å². The van der Waals surface area contributed by atoms with E-state index in [1.54, 1.807) is 26.0 Å². The average molecular weight is 350 g/mol. The van der Waals surface area contributed by atoms with E-state index in [4.69, 9.17) is 0 Å². The molecule has 0 radical (unpaired) electrons. The Morgan fingerprint density at radius 3 is 2.44 bits per heavy atom. The van der Waals surface area contributed by atoms with Crippen LogP contribution >= 0.6 is 0 Å². The van der Waals surface area contributed by atoms with Gasteiger partial charge < -0.3 is 19.7 Å². The Labute approximate surface area is 149 Å². The van der Waals surface area contributed by atoms with Gasteiger partial charge in [-0.1, -0.05) is 0 Å². The van der Waals surface area contributed by atoms with E-state index in [0.29, 0.717) is 13.0 Å². The maximum atomic E-state index is 11.7. The number of hydrogen-bond acceptors (Lipinski definition) is 5. The van der Waals surface area contributed by atoms with Crippen LogP contribution in [0.1, 0.15) is 18.1 Å². The van der Waals surface area contributed by atoms with Crippen LogP contribution in [-0.2, 0) is 18.4 Å². The van der Waals surface area contributed by atoms with Gasteiger partial charge in [0, 0.05) is 67.3 Å². The Kier molecular flexibility index (Phi) is 6.74. The summed E-state index contributed by atoms with van der Waals surface area (Å²) in [5.41, 5.74) is 0. The standard InChI is InChI=1S/C16H30N8O/c1-13-19-20-14(22(13)5)12-18-16(17-2)24-10-8-23(9-11-24)7-6-15(25)21(3)4/h6-12H2,1-5H3,(H,17,18). The zero-order chi connectivity index (χ0) is 18.4. The van der Waals surface area contributed by atoms with Crippen molar-refractivity contribution < 1.29 is 4.79 Å². The van der Waals surface area contributed by atoms with E-state index in [0.717, 1.165) is 50.3 Å². The Balaban J connectivity index is 1.78. The van der Waals surface area contributed by atoms with Crippen molar-refractivity contribution in [3.8, 4) is 0 Å². The number of piperazine rings is 1. The maximum Gasteiger partial charge on any atom is 0.223 e. The second-order valence-corrected chi connectivity index (χ2v) is 6.49. The highest BCUT2D eigenvalue weighted by molar-refractivity contribution is 5.80. The minimum atomic E-state index is 0.180. The molecule has 2 rings (SSSR count). The highest BCUT2D eigenvalue weighted by Gasteiger charge is 2.20. The van der Waals surface area contributed by atoms with Gasteiger partial charge in [0.25, 0.3) is 0 Å². The first-order valence-electron chi connectivity index (χ1n) is 8.65. The van der Waals surface area contributed by atoms with Gasteiger partial charge in [0.15, 0.2) is 11.8 Å². The predicted molar refractivity (Wildman–Crippen MR) is 97.3 cm³/mol. The largest absolute Gasteiger partial charge is 0.349 e. The Morgan fingerprint density at radius 2 is 1.92 bits per heavy atom. The van der Waals surface area contributed by atoms with Gasteiger partial charge in [-0.25, -0.2) is 0 Å². The van der Waals surface area contributed by atoms with Crippen LogP contribution in [0.15, 0.2) is 4.99 Å². The number of carbonyl (C=O) groups is 1. The summed E-state index contributed by atoms with van der Waals surface area (Å²) in [5.74, 6) is 2.84. The van der Waals surface area contributed by atoms with Crippen molar-refractivity contribution in [1.29, 1.82) is 0 Å². The molecule has 0 atom stereocenters. The summed E-state index contributed by atoms with van der Waals surface area (Å²) < 4.78 is 1.97. The van der Waals surface area contributed by atoms with Crippen LogP contribution in [0.4, 0.5) is 0 Å². The van der Waals surface area contributed by atoms with Crippen molar-refractivity contribution >= 4 is 11.9 Å². The number of guanidine groups is 1. The van der Waals surface area contributed by atoms with Crippen molar-refractivity contribution in [2.45, 2.75) is 19.9 Å². The van der Waals surface area contributed by atoms with Gasteiger partial charge in [-0.15, -0.1) is 10.2 Å². The third-order valence-electron chi connectivity index (χ3n) is 4.61. The van der Waals surface area contributed by atoms with Gasteiger partial charge in [0.05, 0.1) is 6.54 Å². The van der Waals surface area contributed by atoms with Crippen LogP contribution in [0, 0.1) is 6.92 Å². The van der Waals surface area contributed by atoms with E-state index in [1.165, 1.54) is 0 Å². The second kappa shape index (κ2) is 8.80. The molecule has 1 aromatic heterocycles. The molecule has 1 aromatic rings. The lowest BCUT2D eigenvalue weighted by Crippen LogP contribution is -2.52. The maximum absolute atomic E-state index is 11.7. The molecular formula is C16H30N8O. The molecule has 0 aliphatic carbocycles. The molecule has 25 heavy (non-hydrogen) atoms. The fourth-order valence-electron chi connectivity index (χ4n) is 2.76. The molecule has 140 valence electrons. The minimum Gasteiger partial charge on any atom is -0.349 e. The van der Waals surface area contributed by atoms with Crippen LogP contribution in [0.3, 0.4) is 0 Å². The minimum absolute atomic E-state index is 0.180. The number of nitrogens with one attached hydrogen (secondary N) is 1. The van der Waals surface area contributed by atoms with Gasteiger partial charge in [-0.2, -0.15) is 0 Å². The lowest BCUT2D eigenvalue weighted by Gasteiger charge is -2.36. The number of carbonyl (C=O) groups excluding carboxylic acids is 1. The lowest BCUT2D eigenvalue weighted by molar-refractivity contribution is -0.129. The first kappa shape index (κ1) is 19.2. The molecule has 1 N–H and O–H groups in total. The summed E-state index contributed by atoms with van der Waals surface area (Å²) in [7, 11) is 7.36. The van der Waals surface area contributed by atoms with Crippen molar-refractivity contribution in [2.24, 2.45) is 12.0 Å². The van der Waals surface area contributed by atoms with E-state index in [-0.39, 0.29) is 5.91 Å². The van der Waals surface area contributed by atoms with Crippen molar-refractivity contribution in [1.82, 2.24) is 34.8 Å². The highest BCUT2D eigenvalue weighted by atomic mass is 16.2. The average Bonchev–Trinajstić information content (AvgIpc) is 2.93. The van der Waals surface area contributed by atoms with Crippen LogP contribution in [0.2, 0.25) is 0 Å². The van der Waals surface area contributed by atoms with Gasteiger partial charge in [0.1, 0.15) is 5.82 Å². The van der Waals surface area contributed by atoms with Gasteiger partial charge >= 0.3 is 0 Å². The number of aryl methyl sites for hydroxylation is 1. The summed E-state index contributed by atoms with van der Waals surface area (Å²) in [6.07, 6.45) is 0.575. The van der Waals surface area contributed by atoms with Crippen LogP contribution < -0.4 is 5.32 Å². The number of aliphatic imine (C=N–C) groups is 1. The normalized spacial score (nSPS) is 16.2. The second-order valence-electron chi connectivity index (χ2n) is 6.49. The molecule has 0 saturated carbocycles. The molecule has 9 nitrogen and oxygen atoms in total. The number of nitrogens with zero attached hydrogens (tertiary/aromatic N) is 7.